The van der Waals surface area contributed by atoms with Crippen LogP contribution in [0.15, 0.2) is 0 Å². The van der Waals surface area contributed by atoms with Crippen LogP contribution in [0.5, 0.6) is 0 Å². The van der Waals surface area contributed by atoms with Gasteiger partial charge in [0.15, 0.2) is 0 Å². The van der Waals surface area contributed by atoms with Gasteiger partial charge in [0.25, 0.3) is 0 Å². The van der Waals surface area contributed by atoms with Crippen LogP contribution in [0.25, 0.3) is 0 Å². The Morgan fingerprint density at radius 3 is 1.45 bits per heavy atom. The molecule has 0 aliphatic carbocycles. The van der Waals surface area contributed by atoms with E-state index >= 15 is 0 Å². The second-order valence-electron chi connectivity index (χ2n) is 1.26. The third kappa shape index (κ3) is 13.7. The normalized spacial score (nSPS) is 15.1. The molecule has 0 aliphatic heterocycles. The van der Waals surface area contributed by atoms with E-state index in [0.717, 1.165) is 0 Å². The van der Waals surface area contributed by atoms with Gasteiger partial charge >= 0.3 is 19.5 Å². The zero-order chi connectivity index (χ0) is 7.98. The Morgan fingerprint density at radius 2 is 1.27 bits per heavy atom. The van der Waals surface area contributed by atoms with Crippen molar-refractivity contribution in [2.24, 2.45) is 0 Å². The topological polar surface area (TPSA) is 104 Å². The zero-order valence-corrected chi connectivity index (χ0v) is 10.2. The van der Waals surface area contributed by atoms with E-state index in [1.165, 1.54) is 0 Å². The Kier molecular flexibility index (Phi) is 11.5. The van der Waals surface area contributed by atoms with Gasteiger partial charge in [-0.15, -0.1) is 0 Å². The molecule has 2 atom stereocenters. The van der Waals surface area contributed by atoms with Crippen molar-refractivity contribution in [1.29, 1.82) is 0 Å². The number of nitrogens with one attached hydrogen (secondary N) is 2. The quantitative estimate of drug-likeness (QED) is 0.327. The van der Waals surface area contributed by atoms with Crippen molar-refractivity contribution >= 4 is 22.5 Å². The minimum absolute atomic E-state index is 0. The molecule has 0 aromatic carbocycles. The smallest absolute Gasteiger partial charge is 0.760 e. The first-order valence-corrected chi connectivity index (χ1v) is 4.43. The molecular weight excluding hydrogens is 246 g/mol. The minimum atomic E-state index is -2.32. The van der Waals surface area contributed by atoms with Crippen LogP contribution in [0.4, 0.5) is 0 Å². The molecule has 0 amide bonds. The van der Waals surface area contributed by atoms with Gasteiger partial charge in [0.1, 0.15) is 0 Å². The molecule has 11 heavy (non-hydrogen) atoms. The molecule has 2 unspecified atom stereocenters. The van der Waals surface area contributed by atoms with Crippen LogP contribution in [0, 0.1) is 0 Å². The summed E-state index contributed by atoms with van der Waals surface area (Å²) in [6.07, 6.45) is 0. The van der Waals surface area contributed by atoms with Crippen LogP contribution in [-0.4, -0.2) is 30.6 Å². The van der Waals surface area contributed by atoms with Crippen molar-refractivity contribution in [1.82, 2.24) is 9.44 Å². The first-order valence-electron chi connectivity index (χ1n) is 2.28. The maximum Gasteiger partial charge on any atom is 2.00 e. The summed E-state index contributed by atoms with van der Waals surface area (Å²) in [6, 6.07) is 0. The molecule has 0 saturated heterocycles. The molecule has 0 aliphatic rings. The third-order valence-corrected chi connectivity index (χ3v) is 1.44. The monoisotopic (exact) mass is 250 g/mol. The maximum absolute atomic E-state index is 9.75. The van der Waals surface area contributed by atoms with Gasteiger partial charge in [0.2, 0.25) is 0 Å². The van der Waals surface area contributed by atoms with E-state index in [9.17, 15) is 17.5 Å². The Morgan fingerprint density at radius 1 is 1.00 bits per heavy atom. The molecule has 0 spiro atoms. The molecule has 0 rings (SSSR count). The van der Waals surface area contributed by atoms with Crippen molar-refractivity contribution in [3.8, 4) is 0 Å². The molecule has 0 aromatic heterocycles. The largest absolute Gasteiger partial charge is 2.00 e. The van der Waals surface area contributed by atoms with E-state index in [1.807, 2.05) is 9.44 Å². The fourth-order valence-electron chi connectivity index (χ4n) is 0.269. The average molecular weight is 252 g/mol. The standard InChI is InChI=1S/C2H8N2O4S2.Zn/c5-9(6)3-1-2-4-10(7)8;/h3-4H,1-2H2,(H,5,6)(H,7,8);/q;+2/p-2. The van der Waals surface area contributed by atoms with E-state index < -0.39 is 22.5 Å². The van der Waals surface area contributed by atoms with Crippen LogP contribution in [0.1, 0.15) is 0 Å². The van der Waals surface area contributed by atoms with Gasteiger partial charge in [-0.1, -0.05) is 0 Å². The molecule has 0 radical (unpaired) electrons. The van der Waals surface area contributed by atoms with Gasteiger partial charge in [-0.25, -0.2) is 9.44 Å². The summed E-state index contributed by atoms with van der Waals surface area (Å²) >= 11 is -4.64. The van der Waals surface area contributed by atoms with Crippen LogP contribution in [0.2, 0.25) is 0 Å². The van der Waals surface area contributed by atoms with Crippen molar-refractivity contribution in [3.63, 3.8) is 0 Å². The zero-order valence-electron chi connectivity index (χ0n) is 5.57. The Balaban J connectivity index is 0. The van der Waals surface area contributed by atoms with Crippen LogP contribution >= 0.6 is 0 Å². The average Bonchev–Trinajstić information content (AvgIpc) is 1.79. The van der Waals surface area contributed by atoms with E-state index in [0.29, 0.717) is 0 Å². The molecule has 0 bridgehead atoms. The molecule has 2 N–H and O–H groups in total. The number of hydrogen-bond acceptors (Lipinski definition) is 4. The van der Waals surface area contributed by atoms with Crippen molar-refractivity contribution < 1.29 is 37.0 Å². The number of rotatable bonds is 5. The molecule has 0 aromatic rings. The first-order chi connectivity index (χ1) is 4.63. The first kappa shape index (κ1) is 14.3. The van der Waals surface area contributed by atoms with Gasteiger partial charge in [-0.05, 0) is 0 Å². The van der Waals surface area contributed by atoms with Gasteiger partial charge in [0.05, 0.1) is 0 Å². The van der Waals surface area contributed by atoms with Crippen LogP contribution in [-0.2, 0) is 42.0 Å². The van der Waals surface area contributed by atoms with E-state index in [1.54, 1.807) is 0 Å². The summed E-state index contributed by atoms with van der Waals surface area (Å²) in [5.74, 6) is 0. The van der Waals surface area contributed by atoms with E-state index in [2.05, 4.69) is 0 Å². The van der Waals surface area contributed by atoms with Gasteiger partial charge in [-0.3, -0.25) is 8.42 Å². The SMILES string of the molecule is O=S([O-])NCCNS(=O)[O-].[Zn+2]. The Hall–Kier alpha value is 0.763. The Labute approximate surface area is 82.1 Å². The number of hydrogen-bond donors (Lipinski definition) is 2. The van der Waals surface area contributed by atoms with Crippen LogP contribution < -0.4 is 9.44 Å². The van der Waals surface area contributed by atoms with E-state index in [-0.39, 0.29) is 32.6 Å². The van der Waals surface area contributed by atoms with E-state index in [4.69, 9.17) is 0 Å². The molecule has 9 heteroatoms. The summed E-state index contributed by atoms with van der Waals surface area (Å²) in [5.41, 5.74) is 0. The van der Waals surface area contributed by atoms with Gasteiger partial charge in [-0.2, -0.15) is 0 Å². The van der Waals surface area contributed by atoms with Crippen molar-refractivity contribution in [2.75, 3.05) is 13.1 Å². The molecule has 6 nitrogen and oxygen atoms in total. The minimum Gasteiger partial charge on any atom is -0.760 e. The Bertz CT molecular complexity index is 128. The molecule has 0 fully saturated rings. The van der Waals surface area contributed by atoms with Crippen LogP contribution in [0.3, 0.4) is 0 Å². The summed E-state index contributed by atoms with van der Waals surface area (Å²) in [4.78, 5) is 0. The fraction of sp³-hybridized carbons (Fsp3) is 1.00. The van der Waals surface area contributed by atoms with Crippen molar-refractivity contribution in [2.45, 2.75) is 0 Å². The maximum atomic E-state index is 9.75. The van der Waals surface area contributed by atoms with Gasteiger partial charge in [0, 0.05) is 35.6 Å². The third-order valence-electron chi connectivity index (χ3n) is 0.565. The van der Waals surface area contributed by atoms with Crippen molar-refractivity contribution in [3.05, 3.63) is 0 Å². The molecule has 0 heterocycles. The second kappa shape index (κ2) is 8.86. The molecule has 62 valence electrons. The molecular formula is C2H6N2O4S2Zn. The summed E-state index contributed by atoms with van der Waals surface area (Å²) < 4.78 is 43.0. The molecule has 0 saturated carbocycles. The summed E-state index contributed by atoms with van der Waals surface area (Å²) in [7, 11) is 0. The summed E-state index contributed by atoms with van der Waals surface area (Å²) in [5, 5.41) is 0. The predicted octanol–water partition coefficient (Wildman–Crippen LogP) is -2.25. The predicted molar refractivity (Wildman–Crippen MR) is 33.8 cm³/mol. The fourth-order valence-corrected chi connectivity index (χ4v) is 0.806. The second-order valence-corrected chi connectivity index (χ2v) is 2.77. The van der Waals surface area contributed by atoms with Gasteiger partial charge < -0.3 is 9.11 Å². The summed E-state index contributed by atoms with van der Waals surface area (Å²) in [6.45, 7) is 0.119.